The molecular weight excluding hydrogens is 317 g/mol. The molecule has 2 aromatic rings. The average molecular weight is 334 g/mol. The van der Waals surface area contributed by atoms with Gasteiger partial charge in [0.15, 0.2) is 0 Å². The first kappa shape index (κ1) is 16.6. The highest BCUT2D eigenvalue weighted by molar-refractivity contribution is 6.37. The standard InChI is InChI=1S/C18H17Cl2NO/c1-12(2)13-6-3-4-9-17(13)21-18(22)11-10-14-15(19)7-5-8-16(14)20/h3-12H,1-2H3,(H,21,22). The molecule has 1 N–H and O–H groups in total. The van der Waals surface area contributed by atoms with Crippen molar-refractivity contribution >= 4 is 40.9 Å². The van der Waals surface area contributed by atoms with Crippen molar-refractivity contribution in [3.63, 3.8) is 0 Å². The molecule has 0 aliphatic carbocycles. The maximum absolute atomic E-state index is 12.1. The molecule has 114 valence electrons. The van der Waals surface area contributed by atoms with Crippen molar-refractivity contribution in [3.8, 4) is 0 Å². The lowest BCUT2D eigenvalue weighted by molar-refractivity contribution is -0.111. The number of anilines is 1. The zero-order chi connectivity index (χ0) is 16.1. The highest BCUT2D eigenvalue weighted by Gasteiger charge is 2.08. The largest absolute Gasteiger partial charge is 0.322 e. The Morgan fingerprint density at radius 2 is 1.68 bits per heavy atom. The maximum Gasteiger partial charge on any atom is 0.248 e. The molecule has 0 radical (unpaired) electrons. The van der Waals surface area contributed by atoms with Gasteiger partial charge in [0.25, 0.3) is 0 Å². The van der Waals surface area contributed by atoms with E-state index in [9.17, 15) is 4.79 Å². The van der Waals surface area contributed by atoms with Crippen LogP contribution in [0.1, 0.15) is 30.9 Å². The number of benzene rings is 2. The summed E-state index contributed by atoms with van der Waals surface area (Å²) in [6.07, 6.45) is 3.06. The summed E-state index contributed by atoms with van der Waals surface area (Å²) in [5, 5.41) is 3.92. The minimum Gasteiger partial charge on any atom is -0.322 e. The van der Waals surface area contributed by atoms with Crippen LogP contribution in [0.4, 0.5) is 5.69 Å². The Morgan fingerprint density at radius 1 is 1.05 bits per heavy atom. The quantitative estimate of drug-likeness (QED) is 0.707. The van der Waals surface area contributed by atoms with Gasteiger partial charge in [0.05, 0.1) is 0 Å². The summed E-state index contributed by atoms with van der Waals surface area (Å²) in [6, 6.07) is 13.0. The zero-order valence-electron chi connectivity index (χ0n) is 12.4. The highest BCUT2D eigenvalue weighted by atomic mass is 35.5. The van der Waals surface area contributed by atoms with Gasteiger partial charge in [-0.15, -0.1) is 0 Å². The summed E-state index contributed by atoms with van der Waals surface area (Å²) in [5.74, 6) is 0.113. The molecule has 0 saturated heterocycles. The molecule has 2 aromatic carbocycles. The van der Waals surface area contributed by atoms with Crippen LogP contribution in [0.2, 0.25) is 10.0 Å². The minimum atomic E-state index is -0.218. The van der Waals surface area contributed by atoms with E-state index in [2.05, 4.69) is 19.2 Å². The van der Waals surface area contributed by atoms with E-state index < -0.39 is 0 Å². The number of hydrogen-bond donors (Lipinski definition) is 1. The predicted octanol–water partition coefficient (Wildman–Crippen LogP) is 5.77. The lowest BCUT2D eigenvalue weighted by atomic mass is 10.0. The smallest absolute Gasteiger partial charge is 0.248 e. The molecule has 0 bridgehead atoms. The van der Waals surface area contributed by atoms with Crippen molar-refractivity contribution in [2.45, 2.75) is 19.8 Å². The summed E-state index contributed by atoms with van der Waals surface area (Å²) in [5.41, 5.74) is 2.55. The molecule has 0 heterocycles. The molecule has 0 saturated carbocycles. The van der Waals surface area contributed by atoms with E-state index in [1.54, 1.807) is 24.3 Å². The summed E-state index contributed by atoms with van der Waals surface area (Å²) in [7, 11) is 0. The molecule has 0 atom stereocenters. The molecule has 2 rings (SSSR count). The summed E-state index contributed by atoms with van der Waals surface area (Å²) in [6.45, 7) is 4.18. The van der Waals surface area contributed by atoms with Crippen LogP contribution >= 0.6 is 23.2 Å². The monoisotopic (exact) mass is 333 g/mol. The van der Waals surface area contributed by atoms with Crippen molar-refractivity contribution in [1.82, 2.24) is 0 Å². The lowest BCUT2D eigenvalue weighted by Crippen LogP contribution is -2.10. The molecular formula is C18H17Cl2NO. The normalized spacial score (nSPS) is 11.1. The van der Waals surface area contributed by atoms with Gasteiger partial charge >= 0.3 is 0 Å². The highest BCUT2D eigenvalue weighted by Crippen LogP contribution is 2.26. The van der Waals surface area contributed by atoms with E-state index in [1.165, 1.54) is 6.08 Å². The fourth-order valence-corrected chi connectivity index (χ4v) is 2.64. The Balaban J connectivity index is 2.16. The van der Waals surface area contributed by atoms with Gasteiger partial charge in [0.1, 0.15) is 0 Å². The van der Waals surface area contributed by atoms with E-state index >= 15 is 0 Å². The van der Waals surface area contributed by atoms with Crippen molar-refractivity contribution in [2.24, 2.45) is 0 Å². The van der Waals surface area contributed by atoms with Crippen molar-refractivity contribution in [2.75, 3.05) is 5.32 Å². The SMILES string of the molecule is CC(C)c1ccccc1NC(=O)C=Cc1c(Cl)cccc1Cl. The Hall–Kier alpha value is -1.77. The van der Waals surface area contributed by atoms with Gasteiger partial charge in [-0.1, -0.05) is 61.3 Å². The Morgan fingerprint density at radius 3 is 2.32 bits per heavy atom. The van der Waals surface area contributed by atoms with E-state index in [-0.39, 0.29) is 5.91 Å². The third kappa shape index (κ3) is 4.12. The van der Waals surface area contributed by atoms with E-state index in [4.69, 9.17) is 23.2 Å². The van der Waals surface area contributed by atoms with E-state index in [0.717, 1.165) is 11.3 Å². The lowest BCUT2D eigenvalue weighted by Gasteiger charge is -2.12. The second kappa shape index (κ2) is 7.48. The summed E-state index contributed by atoms with van der Waals surface area (Å²) in [4.78, 5) is 12.1. The average Bonchev–Trinajstić information content (AvgIpc) is 2.47. The third-order valence-electron chi connectivity index (χ3n) is 3.24. The van der Waals surface area contributed by atoms with Crippen LogP contribution in [0.15, 0.2) is 48.5 Å². The predicted molar refractivity (Wildman–Crippen MR) is 94.7 cm³/mol. The molecule has 0 aliphatic heterocycles. The summed E-state index contributed by atoms with van der Waals surface area (Å²) < 4.78 is 0. The molecule has 0 aromatic heterocycles. The number of nitrogens with one attached hydrogen (secondary N) is 1. The van der Waals surface area contributed by atoms with Crippen LogP contribution in [0, 0.1) is 0 Å². The van der Waals surface area contributed by atoms with Crippen molar-refractivity contribution < 1.29 is 4.79 Å². The second-order valence-corrected chi connectivity index (χ2v) is 6.01. The molecule has 1 amide bonds. The van der Waals surface area contributed by atoms with Gasteiger partial charge in [-0.25, -0.2) is 0 Å². The van der Waals surface area contributed by atoms with Crippen LogP contribution in [0.25, 0.3) is 6.08 Å². The van der Waals surface area contributed by atoms with E-state index in [1.807, 2.05) is 24.3 Å². The first-order valence-corrected chi connectivity index (χ1v) is 7.76. The zero-order valence-corrected chi connectivity index (χ0v) is 13.9. The first-order valence-electron chi connectivity index (χ1n) is 7.01. The number of carbonyl (C=O) groups excluding carboxylic acids is 1. The second-order valence-electron chi connectivity index (χ2n) is 5.20. The number of para-hydroxylation sites is 1. The third-order valence-corrected chi connectivity index (χ3v) is 3.90. The molecule has 0 fully saturated rings. The van der Waals surface area contributed by atoms with Gasteiger partial charge in [-0.3, -0.25) is 4.79 Å². The maximum atomic E-state index is 12.1. The van der Waals surface area contributed by atoms with E-state index in [0.29, 0.717) is 21.5 Å². The van der Waals surface area contributed by atoms with Crippen LogP contribution in [-0.4, -0.2) is 5.91 Å². The number of rotatable bonds is 4. The molecule has 0 spiro atoms. The van der Waals surface area contributed by atoms with Gasteiger partial charge in [-0.05, 0) is 35.8 Å². The number of carbonyl (C=O) groups is 1. The van der Waals surface area contributed by atoms with Gasteiger partial charge in [0, 0.05) is 27.4 Å². The van der Waals surface area contributed by atoms with Crippen LogP contribution < -0.4 is 5.32 Å². The Labute approximate surface area is 140 Å². The van der Waals surface area contributed by atoms with Crippen LogP contribution in [0.3, 0.4) is 0 Å². The number of amides is 1. The molecule has 0 aliphatic rings. The van der Waals surface area contributed by atoms with Gasteiger partial charge < -0.3 is 5.32 Å². The van der Waals surface area contributed by atoms with Crippen LogP contribution in [0.5, 0.6) is 0 Å². The first-order chi connectivity index (χ1) is 10.5. The Kier molecular flexibility index (Phi) is 5.64. The van der Waals surface area contributed by atoms with Gasteiger partial charge in [-0.2, -0.15) is 0 Å². The van der Waals surface area contributed by atoms with Crippen molar-refractivity contribution in [3.05, 3.63) is 69.7 Å². The topological polar surface area (TPSA) is 29.1 Å². The fraction of sp³-hybridized carbons (Fsp3) is 0.167. The molecule has 2 nitrogen and oxygen atoms in total. The van der Waals surface area contributed by atoms with Crippen molar-refractivity contribution in [1.29, 1.82) is 0 Å². The molecule has 22 heavy (non-hydrogen) atoms. The van der Waals surface area contributed by atoms with Gasteiger partial charge in [0.2, 0.25) is 5.91 Å². The van der Waals surface area contributed by atoms with Crippen LogP contribution in [-0.2, 0) is 4.79 Å². The number of hydrogen-bond acceptors (Lipinski definition) is 1. The number of halogens is 2. The Bertz CT molecular complexity index is 688. The minimum absolute atomic E-state index is 0.218. The molecule has 0 unspecified atom stereocenters. The molecule has 4 heteroatoms. The fourth-order valence-electron chi connectivity index (χ4n) is 2.12. The summed E-state index contributed by atoms with van der Waals surface area (Å²) >= 11 is 12.1.